The topological polar surface area (TPSA) is 24.1 Å². The molecule has 5 heteroatoms. The van der Waals surface area contributed by atoms with Gasteiger partial charge in [0.1, 0.15) is 0 Å². The van der Waals surface area contributed by atoms with Gasteiger partial charge in [-0.1, -0.05) is 6.92 Å². The highest BCUT2D eigenvalue weighted by Gasteiger charge is 2.41. The quantitative estimate of drug-likeness (QED) is 0.692. The van der Waals surface area contributed by atoms with Gasteiger partial charge in [0, 0.05) is 13.1 Å². The van der Waals surface area contributed by atoms with Crippen molar-refractivity contribution in [3.63, 3.8) is 0 Å². The van der Waals surface area contributed by atoms with Crippen LogP contribution < -0.4 is 10.6 Å². The summed E-state index contributed by atoms with van der Waals surface area (Å²) in [4.78, 5) is 0. The lowest BCUT2D eigenvalue weighted by Gasteiger charge is -2.29. The average molecular weight is 266 g/mol. The van der Waals surface area contributed by atoms with Crippen LogP contribution in [-0.4, -0.2) is 32.4 Å². The van der Waals surface area contributed by atoms with Gasteiger partial charge in [-0.25, -0.2) is 0 Å². The lowest BCUT2D eigenvalue weighted by Crippen LogP contribution is -2.34. The second kappa shape index (κ2) is 8.00. The summed E-state index contributed by atoms with van der Waals surface area (Å²) in [6, 6.07) is 0. The molecule has 0 aliphatic heterocycles. The first-order valence-corrected chi connectivity index (χ1v) is 7.02. The first-order chi connectivity index (χ1) is 8.54. The molecule has 2 nitrogen and oxygen atoms in total. The molecule has 1 rings (SSSR count). The van der Waals surface area contributed by atoms with E-state index >= 15 is 0 Å². The second-order valence-electron chi connectivity index (χ2n) is 5.21. The molecule has 0 atom stereocenters. The third-order valence-electron chi connectivity index (χ3n) is 3.65. The smallest absolute Gasteiger partial charge is 0.315 e. The monoisotopic (exact) mass is 266 g/mol. The van der Waals surface area contributed by atoms with Crippen molar-refractivity contribution in [2.75, 3.05) is 26.2 Å². The molecule has 1 aliphatic carbocycles. The number of rotatable bonds is 7. The minimum Gasteiger partial charge on any atom is -0.315 e. The number of alkyl halides is 3. The fourth-order valence-corrected chi connectivity index (χ4v) is 2.48. The van der Waals surface area contributed by atoms with Gasteiger partial charge >= 0.3 is 6.18 Å². The molecule has 0 amide bonds. The highest BCUT2D eigenvalue weighted by molar-refractivity contribution is 4.78. The summed E-state index contributed by atoms with van der Waals surface area (Å²) in [6.45, 7) is 5.85. The standard InChI is InChI=1S/C13H25F3N2/c1-2-7-17-8-9-18-10-11-3-5-12(6-4-11)13(14,15)16/h11-12,17-18H,2-10H2,1H3. The van der Waals surface area contributed by atoms with Gasteiger partial charge in [-0.2, -0.15) is 13.2 Å². The van der Waals surface area contributed by atoms with E-state index in [1.165, 1.54) is 0 Å². The molecule has 0 saturated heterocycles. The predicted octanol–water partition coefficient (Wildman–Crippen LogP) is 2.94. The van der Waals surface area contributed by atoms with Crippen LogP contribution in [0.2, 0.25) is 0 Å². The zero-order valence-electron chi connectivity index (χ0n) is 11.2. The SMILES string of the molecule is CCCNCCNCC1CCC(C(F)(F)F)CC1. The fourth-order valence-electron chi connectivity index (χ4n) is 2.48. The molecular formula is C13H25F3N2. The zero-order chi connectivity index (χ0) is 13.4. The van der Waals surface area contributed by atoms with E-state index in [0.717, 1.165) is 32.6 Å². The Morgan fingerprint density at radius 2 is 1.56 bits per heavy atom. The maximum Gasteiger partial charge on any atom is 0.391 e. The zero-order valence-corrected chi connectivity index (χ0v) is 11.2. The maximum atomic E-state index is 12.5. The Kier molecular flexibility index (Phi) is 7.00. The Bertz CT molecular complexity index is 211. The second-order valence-corrected chi connectivity index (χ2v) is 5.21. The third kappa shape index (κ3) is 6.05. The van der Waals surface area contributed by atoms with E-state index in [2.05, 4.69) is 17.6 Å². The largest absolute Gasteiger partial charge is 0.391 e. The third-order valence-corrected chi connectivity index (χ3v) is 3.65. The molecule has 0 spiro atoms. The van der Waals surface area contributed by atoms with E-state index in [-0.39, 0.29) is 0 Å². The Morgan fingerprint density at radius 1 is 0.944 bits per heavy atom. The van der Waals surface area contributed by atoms with Gasteiger partial charge < -0.3 is 10.6 Å². The van der Waals surface area contributed by atoms with Crippen LogP contribution in [0.15, 0.2) is 0 Å². The molecule has 0 aromatic carbocycles. The van der Waals surface area contributed by atoms with Gasteiger partial charge in [0.2, 0.25) is 0 Å². The predicted molar refractivity (Wildman–Crippen MR) is 67.5 cm³/mol. The average Bonchev–Trinajstić information content (AvgIpc) is 2.33. The van der Waals surface area contributed by atoms with Crippen molar-refractivity contribution >= 4 is 0 Å². The molecule has 0 aromatic heterocycles. The Hall–Kier alpha value is -0.290. The molecule has 1 aliphatic rings. The number of nitrogens with one attached hydrogen (secondary N) is 2. The normalized spacial score (nSPS) is 25.3. The van der Waals surface area contributed by atoms with Crippen molar-refractivity contribution in [3.05, 3.63) is 0 Å². The number of halogens is 3. The van der Waals surface area contributed by atoms with Crippen molar-refractivity contribution in [1.29, 1.82) is 0 Å². The van der Waals surface area contributed by atoms with Crippen LogP contribution in [0.3, 0.4) is 0 Å². The van der Waals surface area contributed by atoms with Gasteiger partial charge in [-0.05, 0) is 51.1 Å². The molecule has 18 heavy (non-hydrogen) atoms. The van der Waals surface area contributed by atoms with Crippen LogP contribution in [-0.2, 0) is 0 Å². The van der Waals surface area contributed by atoms with Crippen LogP contribution in [0.1, 0.15) is 39.0 Å². The minimum absolute atomic E-state index is 0.309. The minimum atomic E-state index is -3.98. The fraction of sp³-hybridized carbons (Fsp3) is 1.00. The summed E-state index contributed by atoms with van der Waals surface area (Å²) in [6.07, 6.45) is -0.822. The van der Waals surface area contributed by atoms with Crippen LogP contribution in [0.25, 0.3) is 0 Å². The summed E-state index contributed by atoms with van der Waals surface area (Å²) < 4.78 is 37.4. The molecular weight excluding hydrogens is 241 g/mol. The number of hydrogen-bond donors (Lipinski definition) is 2. The Balaban J connectivity index is 2.02. The maximum absolute atomic E-state index is 12.5. The van der Waals surface area contributed by atoms with Gasteiger partial charge in [-0.3, -0.25) is 0 Å². The van der Waals surface area contributed by atoms with E-state index in [1.54, 1.807) is 0 Å². The molecule has 2 N–H and O–H groups in total. The summed E-state index contributed by atoms with van der Waals surface area (Å²) in [7, 11) is 0. The molecule has 1 saturated carbocycles. The van der Waals surface area contributed by atoms with Crippen molar-refractivity contribution in [2.24, 2.45) is 11.8 Å². The Morgan fingerprint density at radius 3 is 2.11 bits per heavy atom. The van der Waals surface area contributed by atoms with Gasteiger partial charge in [0.05, 0.1) is 5.92 Å². The van der Waals surface area contributed by atoms with Crippen molar-refractivity contribution < 1.29 is 13.2 Å². The van der Waals surface area contributed by atoms with Gasteiger partial charge in [0.25, 0.3) is 0 Å². The van der Waals surface area contributed by atoms with Crippen LogP contribution in [0.4, 0.5) is 13.2 Å². The summed E-state index contributed by atoms with van der Waals surface area (Å²) >= 11 is 0. The summed E-state index contributed by atoms with van der Waals surface area (Å²) in [5.41, 5.74) is 0. The van der Waals surface area contributed by atoms with Gasteiger partial charge in [0.15, 0.2) is 0 Å². The van der Waals surface area contributed by atoms with Gasteiger partial charge in [-0.15, -0.1) is 0 Å². The number of hydrogen-bond acceptors (Lipinski definition) is 2. The first kappa shape index (κ1) is 15.8. The van der Waals surface area contributed by atoms with Crippen LogP contribution >= 0.6 is 0 Å². The van der Waals surface area contributed by atoms with Crippen LogP contribution in [0, 0.1) is 11.8 Å². The summed E-state index contributed by atoms with van der Waals surface area (Å²) in [5.74, 6) is -0.630. The van der Waals surface area contributed by atoms with E-state index in [0.29, 0.717) is 31.6 Å². The molecule has 108 valence electrons. The van der Waals surface area contributed by atoms with Crippen LogP contribution in [0.5, 0.6) is 0 Å². The molecule has 1 fully saturated rings. The molecule has 0 radical (unpaired) electrons. The first-order valence-electron chi connectivity index (χ1n) is 7.02. The molecule has 0 unspecified atom stereocenters. The van der Waals surface area contributed by atoms with Crippen molar-refractivity contribution in [1.82, 2.24) is 10.6 Å². The molecule has 0 aromatic rings. The summed E-state index contributed by atoms with van der Waals surface area (Å²) in [5, 5.41) is 6.61. The highest BCUT2D eigenvalue weighted by atomic mass is 19.4. The highest BCUT2D eigenvalue weighted by Crippen LogP contribution is 2.39. The molecule has 0 heterocycles. The van der Waals surface area contributed by atoms with Crippen molar-refractivity contribution in [3.8, 4) is 0 Å². The van der Waals surface area contributed by atoms with Crippen molar-refractivity contribution in [2.45, 2.75) is 45.2 Å². The molecule has 0 bridgehead atoms. The lowest BCUT2D eigenvalue weighted by atomic mass is 9.81. The van der Waals surface area contributed by atoms with E-state index < -0.39 is 12.1 Å². The van der Waals surface area contributed by atoms with E-state index in [4.69, 9.17) is 0 Å². The lowest BCUT2D eigenvalue weighted by molar-refractivity contribution is -0.183. The Labute approximate surface area is 108 Å². The van der Waals surface area contributed by atoms with E-state index in [9.17, 15) is 13.2 Å². The van der Waals surface area contributed by atoms with E-state index in [1.807, 2.05) is 0 Å².